The van der Waals surface area contributed by atoms with Gasteiger partial charge >= 0.3 is 0 Å². The van der Waals surface area contributed by atoms with E-state index in [1.165, 1.54) is 376 Å². The van der Waals surface area contributed by atoms with E-state index in [0.29, 0.717) is 0 Å². The smallest absolute Gasteiger partial charge is 0.0215 e. The minimum absolute atomic E-state index is 0.0228. The van der Waals surface area contributed by atoms with E-state index in [1.807, 2.05) is 0 Å². The third kappa shape index (κ3) is 23.0. The van der Waals surface area contributed by atoms with Crippen molar-refractivity contribution < 1.29 is 0 Å². The van der Waals surface area contributed by atoms with Gasteiger partial charge in [0.1, 0.15) is 0 Å². The van der Waals surface area contributed by atoms with Gasteiger partial charge in [0.15, 0.2) is 0 Å². The van der Waals surface area contributed by atoms with E-state index in [-0.39, 0.29) is 21.7 Å². The summed E-state index contributed by atoms with van der Waals surface area (Å²) in [5.41, 5.74) is 44.7. The van der Waals surface area contributed by atoms with Gasteiger partial charge in [-0.15, -0.1) is 0 Å². The first-order valence-corrected chi connectivity index (χ1v) is 60.9. The standard InChI is InChI=1S/C126H142Br8/c1-91-37-35-38-97(81-91)104-54-62-112-109-59-51-101(85-117(109)124(120(112)88-104,67-21-5-13-29-75-129)68-22-6-14-30-76-130)95-46-48-96(49-47-95)103-53-61-111-114-64-56-106(90-122(114)126(119(111)87-103,71-25-9-17-33-79-133)72-26-10-18-34-80-134)99-40-36-39-98(83-99)105-55-63-113-110-60-52-102(86-118(110)125(121(113)89-105,69-23-7-15-31-77-131)70-24-8-16-32-78-132)94-44-42-93(43-45-94)100-50-58-108-107-57-41-92(2)82-115(107)123(116(108)84-100,65-19-3-11-27-73-127)66-20-4-12-28-74-128/h35-64,81-90H,3-34,65-80H2,1-2H3. The van der Waals surface area contributed by atoms with Gasteiger partial charge in [-0.05, 0) is 332 Å². The highest BCUT2D eigenvalue weighted by Gasteiger charge is 2.48. The molecule has 134 heavy (non-hydrogen) atoms. The van der Waals surface area contributed by atoms with Crippen LogP contribution in [0.25, 0.3) is 122 Å². The second-order valence-electron chi connectivity index (χ2n) is 40.1. The summed E-state index contributed by atoms with van der Waals surface area (Å²) in [7, 11) is 0. The molecule has 4 aliphatic carbocycles. The van der Waals surface area contributed by atoms with Gasteiger partial charge in [0.2, 0.25) is 0 Å². The Morgan fingerprint density at radius 1 is 0.142 bits per heavy atom. The molecule has 4 aliphatic rings. The average Bonchev–Trinajstić information content (AvgIpc) is 1.57. The second-order valence-corrected chi connectivity index (χ2v) is 46.5. The van der Waals surface area contributed by atoms with Crippen LogP contribution in [0, 0.1) is 13.8 Å². The van der Waals surface area contributed by atoms with E-state index in [4.69, 9.17) is 0 Å². The molecule has 12 aromatic carbocycles. The van der Waals surface area contributed by atoms with Crippen LogP contribution in [0.2, 0.25) is 0 Å². The number of rotatable bonds is 55. The van der Waals surface area contributed by atoms with Crippen molar-refractivity contribution in [3.8, 4) is 122 Å². The first-order chi connectivity index (χ1) is 65.9. The molecule has 16 rings (SSSR count). The zero-order valence-electron chi connectivity index (χ0n) is 80.1. The van der Waals surface area contributed by atoms with Crippen molar-refractivity contribution in [3.63, 3.8) is 0 Å². The lowest BCUT2D eigenvalue weighted by Gasteiger charge is -2.33. The maximum Gasteiger partial charge on any atom is 0.0215 e. The highest BCUT2D eigenvalue weighted by molar-refractivity contribution is 9.10. The van der Waals surface area contributed by atoms with Crippen LogP contribution in [0.4, 0.5) is 0 Å². The third-order valence-electron chi connectivity index (χ3n) is 31.5. The summed E-state index contributed by atoms with van der Waals surface area (Å²) in [6.45, 7) is 4.53. The molecule has 0 radical (unpaired) electrons. The largest absolute Gasteiger partial charge is 0.0928 e. The molecule has 0 fully saturated rings. The number of hydrogen-bond donors (Lipinski definition) is 0. The summed E-state index contributed by atoms with van der Waals surface area (Å²) in [5, 5.41) is 8.59. The van der Waals surface area contributed by atoms with Crippen molar-refractivity contribution in [1.82, 2.24) is 0 Å². The molecule has 0 N–H and O–H groups in total. The Balaban J connectivity index is 0.719. The number of benzene rings is 12. The Morgan fingerprint density at radius 3 is 0.507 bits per heavy atom. The first-order valence-electron chi connectivity index (χ1n) is 51.9. The summed E-state index contributed by atoms with van der Waals surface area (Å²) >= 11 is 30.3. The monoisotopic (exact) mass is 2290 g/mol. The quantitative estimate of drug-likeness (QED) is 0.0263. The van der Waals surface area contributed by atoms with E-state index in [0.717, 1.165) is 68.3 Å². The molecule has 0 saturated carbocycles. The molecule has 0 atom stereocenters. The molecule has 0 unspecified atom stereocenters. The molecule has 0 spiro atoms. The number of fused-ring (bicyclic) bond motifs is 12. The maximum absolute atomic E-state index is 3.82. The summed E-state index contributed by atoms with van der Waals surface area (Å²) in [6, 6.07) is 99.0. The minimum Gasteiger partial charge on any atom is -0.0928 e. The third-order valence-corrected chi connectivity index (χ3v) is 36.0. The van der Waals surface area contributed by atoms with Crippen molar-refractivity contribution in [1.29, 1.82) is 0 Å². The predicted molar refractivity (Wildman–Crippen MR) is 614 cm³/mol. The van der Waals surface area contributed by atoms with Gasteiger partial charge < -0.3 is 0 Å². The second kappa shape index (κ2) is 49.7. The average molecular weight is 2300 g/mol. The van der Waals surface area contributed by atoms with E-state index in [9.17, 15) is 0 Å². The van der Waals surface area contributed by atoms with Crippen molar-refractivity contribution in [2.75, 3.05) is 42.6 Å². The molecule has 12 aromatic rings. The number of aryl methyl sites for hydroxylation is 2. The van der Waals surface area contributed by atoms with Crippen LogP contribution < -0.4 is 0 Å². The summed E-state index contributed by atoms with van der Waals surface area (Å²) < 4.78 is 0. The lowest BCUT2D eigenvalue weighted by atomic mass is 9.69. The van der Waals surface area contributed by atoms with Gasteiger partial charge in [0.05, 0.1) is 0 Å². The van der Waals surface area contributed by atoms with Crippen molar-refractivity contribution in [3.05, 3.63) is 298 Å². The first kappa shape index (κ1) is 101. The molecular formula is C126H142Br8. The van der Waals surface area contributed by atoms with Crippen LogP contribution in [0.3, 0.4) is 0 Å². The summed E-state index contributed by atoms with van der Waals surface area (Å²) in [6.07, 6.45) is 49.2. The van der Waals surface area contributed by atoms with Gasteiger partial charge in [-0.1, -0.05) is 487 Å². The highest BCUT2D eigenvalue weighted by atomic mass is 79.9. The van der Waals surface area contributed by atoms with E-state index < -0.39 is 0 Å². The molecule has 8 heteroatoms. The van der Waals surface area contributed by atoms with Crippen LogP contribution in [-0.4, -0.2) is 42.6 Å². The van der Waals surface area contributed by atoms with Crippen LogP contribution in [0.1, 0.15) is 312 Å². The summed E-state index contributed by atoms with van der Waals surface area (Å²) in [5.74, 6) is 0. The Labute approximate surface area is 874 Å². The minimum atomic E-state index is -0.125. The number of unbranched alkanes of at least 4 members (excludes halogenated alkanes) is 24. The van der Waals surface area contributed by atoms with Gasteiger partial charge in [0, 0.05) is 64.3 Å². The Morgan fingerprint density at radius 2 is 0.299 bits per heavy atom. The molecule has 0 aliphatic heterocycles. The molecule has 702 valence electrons. The fraction of sp³-hybridized carbons (Fsp3) is 0.429. The molecule has 0 saturated heterocycles. The van der Waals surface area contributed by atoms with Gasteiger partial charge in [-0.3, -0.25) is 0 Å². The zero-order chi connectivity index (χ0) is 92.7. The van der Waals surface area contributed by atoms with Crippen LogP contribution >= 0.6 is 127 Å². The van der Waals surface area contributed by atoms with Crippen LogP contribution in [0.5, 0.6) is 0 Å². The number of alkyl halides is 8. The van der Waals surface area contributed by atoms with E-state index in [2.05, 4.69) is 384 Å². The Hall–Kier alpha value is -5.52. The van der Waals surface area contributed by atoms with Crippen molar-refractivity contribution in [2.24, 2.45) is 0 Å². The molecule has 0 nitrogen and oxygen atoms in total. The predicted octanol–water partition coefficient (Wildman–Crippen LogP) is 41.8. The van der Waals surface area contributed by atoms with Gasteiger partial charge in [-0.25, -0.2) is 0 Å². The van der Waals surface area contributed by atoms with Crippen LogP contribution in [0.15, 0.2) is 243 Å². The maximum atomic E-state index is 3.82. The number of hydrogen-bond acceptors (Lipinski definition) is 0. The normalized spacial score (nSPS) is 14.1. The molecule has 0 heterocycles. The van der Waals surface area contributed by atoms with E-state index >= 15 is 0 Å². The molecule has 0 amide bonds. The van der Waals surface area contributed by atoms with Gasteiger partial charge in [0.25, 0.3) is 0 Å². The Kier molecular flexibility index (Phi) is 37.6. The summed E-state index contributed by atoms with van der Waals surface area (Å²) in [4.78, 5) is 0. The molecule has 0 aromatic heterocycles. The Bertz CT molecular complexity index is 5770. The molecule has 0 bridgehead atoms. The van der Waals surface area contributed by atoms with Gasteiger partial charge in [-0.2, -0.15) is 0 Å². The number of halogens is 8. The highest BCUT2D eigenvalue weighted by Crippen LogP contribution is 2.62. The van der Waals surface area contributed by atoms with Crippen LogP contribution in [-0.2, 0) is 21.7 Å². The fourth-order valence-corrected chi connectivity index (χ4v) is 27.6. The zero-order valence-corrected chi connectivity index (χ0v) is 92.7. The lowest BCUT2D eigenvalue weighted by molar-refractivity contribution is 0.401. The lowest BCUT2D eigenvalue weighted by Crippen LogP contribution is -2.25. The topological polar surface area (TPSA) is 0 Å². The fourth-order valence-electron chi connectivity index (χ4n) is 24.4. The van der Waals surface area contributed by atoms with E-state index in [1.54, 1.807) is 33.4 Å². The van der Waals surface area contributed by atoms with Crippen molar-refractivity contribution in [2.45, 2.75) is 292 Å². The van der Waals surface area contributed by atoms with Crippen molar-refractivity contribution >= 4 is 127 Å². The molecular weight excluding hydrogens is 2150 g/mol. The SMILES string of the molecule is Cc1cccc(-c2ccc3c(c2)C(CCCCCCBr)(CCCCCCBr)c2cc(-c4ccc(-c5ccc6c(c5)C(CCCCCCBr)(CCCCCCBr)c5cc(-c7cccc(-c8ccc9c(c8)C(CCCCCCBr)(CCCCCCBr)c8cc(-c%10ccc(-c%11ccc%12c(c%11)C(CCCCCCBr)(CCCCCCBr)c%11cc(C)ccc%11-%12)cc%10)ccc8-9)c7)ccc5-6)cc4)ccc2-3)c1.